The molecule has 1 aliphatic rings. The number of hydrogen-bond acceptors (Lipinski definition) is 5. The van der Waals surface area contributed by atoms with Crippen molar-refractivity contribution in [3.05, 3.63) is 19.5 Å². The van der Waals surface area contributed by atoms with E-state index in [-0.39, 0.29) is 16.2 Å². The third-order valence-corrected chi connectivity index (χ3v) is 5.81. The van der Waals surface area contributed by atoms with E-state index < -0.39 is 11.8 Å². The summed E-state index contributed by atoms with van der Waals surface area (Å²) in [6, 6.07) is 0. The van der Waals surface area contributed by atoms with Gasteiger partial charge in [-0.25, -0.2) is 0 Å². The summed E-state index contributed by atoms with van der Waals surface area (Å²) in [5, 5.41) is 0.266. The van der Waals surface area contributed by atoms with E-state index in [1.54, 1.807) is 0 Å². The number of amides is 2. The van der Waals surface area contributed by atoms with Gasteiger partial charge in [-0.1, -0.05) is 33.3 Å². The van der Waals surface area contributed by atoms with Gasteiger partial charge >= 0.3 is 0 Å². The number of unbranched alkanes of at least 4 members (excludes halogenated alkanes) is 2. The van der Waals surface area contributed by atoms with Crippen molar-refractivity contribution < 1.29 is 9.59 Å². The van der Waals surface area contributed by atoms with E-state index in [0.717, 1.165) is 37.0 Å². The Kier molecular flexibility index (Phi) is 6.88. The van der Waals surface area contributed by atoms with Crippen LogP contribution in [0.15, 0.2) is 4.79 Å². The Balaban J connectivity index is 2.68. The highest BCUT2D eigenvalue weighted by atomic mass is 32.1. The maximum atomic E-state index is 13.1. The summed E-state index contributed by atoms with van der Waals surface area (Å²) in [5.74, 6) is -0.825. The van der Waals surface area contributed by atoms with E-state index in [2.05, 4.69) is 6.58 Å². The molecule has 0 spiro atoms. The zero-order valence-electron chi connectivity index (χ0n) is 15.5. The number of thiocarbonyl (C=S) groups is 1. The van der Waals surface area contributed by atoms with E-state index >= 15 is 0 Å². The lowest BCUT2D eigenvalue weighted by Gasteiger charge is -2.36. The van der Waals surface area contributed by atoms with E-state index in [1.807, 2.05) is 20.8 Å². The largest absolute Gasteiger partial charge is 0.298 e. The van der Waals surface area contributed by atoms with Crippen molar-refractivity contribution in [1.29, 1.82) is 0 Å². The minimum atomic E-state index is -0.412. The van der Waals surface area contributed by atoms with Crippen LogP contribution in [0.5, 0.6) is 0 Å². The average molecular weight is 396 g/mol. The Morgan fingerprint density at radius 3 is 1.88 bits per heavy atom. The third kappa shape index (κ3) is 3.66. The minimum Gasteiger partial charge on any atom is -0.298 e. The lowest BCUT2D eigenvalue weighted by Crippen LogP contribution is -2.57. The number of rotatable bonds is 7. The van der Waals surface area contributed by atoms with Crippen LogP contribution >= 0.6 is 23.6 Å². The van der Waals surface area contributed by atoms with Gasteiger partial charge in [-0.3, -0.25) is 28.8 Å². The second-order valence-corrected chi connectivity index (χ2v) is 7.61. The summed E-state index contributed by atoms with van der Waals surface area (Å²) in [7, 11) is 0. The second-order valence-electron chi connectivity index (χ2n) is 6.16. The van der Waals surface area contributed by atoms with Crippen LogP contribution in [0.25, 0.3) is 12.2 Å². The lowest BCUT2D eigenvalue weighted by molar-refractivity contribution is -0.130. The number of thiazole rings is 1. The fraction of sp³-hybridized carbons (Fsp3) is 0.556. The van der Waals surface area contributed by atoms with Gasteiger partial charge in [-0.05, 0) is 32.0 Å². The molecule has 26 heavy (non-hydrogen) atoms. The first-order valence-electron chi connectivity index (χ1n) is 8.99. The molecule has 0 radical (unpaired) electrons. The molecular weight excluding hydrogens is 370 g/mol. The van der Waals surface area contributed by atoms with Gasteiger partial charge in [0.15, 0.2) is 5.11 Å². The molecule has 0 unspecified atom stereocenters. The molecule has 1 aromatic heterocycles. The van der Waals surface area contributed by atoms with E-state index in [4.69, 9.17) is 12.2 Å². The molecule has 1 aromatic rings. The van der Waals surface area contributed by atoms with Crippen molar-refractivity contribution in [3.8, 4) is 0 Å². The molecule has 0 aliphatic carbocycles. The molecule has 2 heterocycles. The first kappa shape index (κ1) is 20.5. The second kappa shape index (κ2) is 8.73. The van der Waals surface area contributed by atoms with E-state index in [9.17, 15) is 14.4 Å². The molecule has 1 saturated heterocycles. The SMILES string of the molecule is C=c1sc(=C2C(=O)N(CCCC)C(=S)N(CCCC)C2=O)n(CC)c1=O. The topological polar surface area (TPSA) is 62.6 Å². The molecular formula is C18H25N3O3S2. The molecule has 1 fully saturated rings. The number of carbonyl (C=O) groups excluding carboxylic acids is 2. The summed E-state index contributed by atoms with van der Waals surface area (Å²) >= 11 is 6.54. The summed E-state index contributed by atoms with van der Waals surface area (Å²) in [4.78, 5) is 41.4. The predicted molar refractivity (Wildman–Crippen MR) is 108 cm³/mol. The van der Waals surface area contributed by atoms with Crippen molar-refractivity contribution in [1.82, 2.24) is 14.4 Å². The average Bonchev–Trinajstić information content (AvgIpc) is 2.89. The monoisotopic (exact) mass is 395 g/mol. The maximum absolute atomic E-state index is 13.1. The van der Waals surface area contributed by atoms with Gasteiger partial charge in [0, 0.05) is 19.6 Å². The van der Waals surface area contributed by atoms with Crippen molar-refractivity contribution >= 4 is 52.6 Å². The first-order valence-corrected chi connectivity index (χ1v) is 10.2. The highest BCUT2D eigenvalue weighted by molar-refractivity contribution is 7.80. The molecule has 1 aliphatic heterocycles. The quantitative estimate of drug-likeness (QED) is 0.648. The highest BCUT2D eigenvalue weighted by Crippen LogP contribution is 2.19. The van der Waals surface area contributed by atoms with Crippen LogP contribution in [-0.4, -0.2) is 44.4 Å². The Morgan fingerprint density at radius 2 is 1.46 bits per heavy atom. The molecule has 6 nitrogen and oxygen atoms in total. The summed E-state index contributed by atoms with van der Waals surface area (Å²) in [5.41, 5.74) is -0.223. The van der Waals surface area contributed by atoms with Gasteiger partial charge in [0.25, 0.3) is 17.4 Å². The van der Waals surface area contributed by atoms with Crippen molar-refractivity contribution in [3.63, 3.8) is 0 Å². The Hall–Kier alpha value is -1.80. The van der Waals surface area contributed by atoms with Gasteiger partial charge in [0.05, 0.1) is 4.53 Å². The number of carbonyl (C=O) groups is 2. The molecule has 0 aromatic carbocycles. The molecule has 0 atom stereocenters. The lowest BCUT2D eigenvalue weighted by atomic mass is 10.1. The summed E-state index contributed by atoms with van der Waals surface area (Å²) in [6.07, 6.45) is 3.40. The van der Waals surface area contributed by atoms with Crippen molar-refractivity contribution in [2.75, 3.05) is 13.1 Å². The van der Waals surface area contributed by atoms with Crippen LogP contribution < -0.4 is 14.8 Å². The van der Waals surface area contributed by atoms with Gasteiger partial charge in [0.2, 0.25) is 0 Å². The molecule has 2 amide bonds. The molecule has 0 saturated carbocycles. The van der Waals surface area contributed by atoms with Crippen LogP contribution in [0.2, 0.25) is 0 Å². The molecule has 2 rings (SSSR count). The molecule has 8 heteroatoms. The fourth-order valence-electron chi connectivity index (χ4n) is 2.82. The molecule has 142 valence electrons. The van der Waals surface area contributed by atoms with E-state index in [0.29, 0.717) is 28.8 Å². The van der Waals surface area contributed by atoms with Crippen LogP contribution in [0, 0.1) is 0 Å². The van der Waals surface area contributed by atoms with Crippen LogP contribution in [0.1, 0.15) is 46.5 Å². The van der Waals surface area contributed by atoms with Gasteiger partial charge in [-0.15, -0.1) is 11.3 Å². The molecule has 0 bridgehead atoms. The Bertz CT molecular complexity index is 852. The normalized spacial score (nSPS) is 15.3. The first-order chi connectivity index (χ1) is 12.4. The highest BCUT2D eigenvalue weighted by Gasteiger charge is 2.40. The molecule has 0 N–H and O–H groups in total. The predicted octanol–water partition coefficient (Wildman–Crippen LogP) is 1.05. The van der Waals surface area contributed by atoms with Crippen molar-refractivity contribution in [2.24, 2.45) is 0 Å². The number of nitrogens with zero attached hydrogens (tertiary/aromatic N) is 3. The van der Waals surface area contributed by atoms with Crippen LogP contribution in [-0.2, 0) is 16.1 Å². The van der Waals surface area contributed by atoms with Crippen LogP contribution in [0.4, 0.5) is 0 Å². The van der Waals surface area contributed by atoms with Gasteiger partial charge in [0.1, 0.15) is 10.2 Å². The Labute approximate surface area is 162 Å². The van der Waals surface area contributed by atoms with Gasteiger partial charge < -0.3 is 0 Å². The fourth-order valence-corrected chi connectivity index (χ4v) is 4.20. The third-order valence-electron chi connectivity index (χ3n) is 4.33. The summed E-state index contributed by atoms with van der Waals surface area (Å²) in [6.45, 7) is 10.9. The van der Waals surface area contributed by atoms with Crippen LogP contribution in [0.3, 0.4) is 0 Å². The van der Waals surface area contributed by atoms with Gasteiger partial charge in [-0.2, -0.15) is 0 Å². The maximum Gasteiger partial charge on any atom is 0.268 e. The smallest absolute Gasteiger partial charge is 0.268 e. The van der Waals surface area contributed by atoms with E-state index in [1.165, 1.54) is 14.4 Å². The standard InChI is InChI=1S/C18H25N3O3S2/c1-5-8-10-20-15(23)13(16(24)21(18(20)25)11-9-6-2)17-19(7-3)14(22)12(4)26-17/h4-11H2,1-3H3. The zero-order valence-corrected chi connectivity index (χ0v) is 17.2. The van der Waals surface area contributed by atoms with Crippen molar-refractivity contribution in [2.45, 2.75) is 53.0 Å². The summed E-state index contributed by atoms with van der Waals surface area (Å²) < 4.78 is 2.15. The number of hydrogen-bond donors (Lipinski definition) is 0. The number of aromatic nitrogens is 1. The zero-order chi connectivity index (χ0) is 19.4. The Morgan fingerprint density at radius 1 is 0.962 bits per heavy atom. The minimum absolute atomic E-state index is 0.0321.